The molecule has 3 rings (SSSR count). The maximum atomic E-state index is 11.9. The van der Waals surface area contributed by atoms with E-state index in [0.717, 1.165) is 11.9 Å². The van der Waals surface area contributed by atoms with Crippen LogP contribution in [0.5, 0.6) is 0 Å². The number of nitrogens with zero attached hydrogens (tertiary/aromatic N) is 1. The van der Waals surface area contributed by atoms with Gasteiger partial charge in [0, 0.05) is 6.04 Å². The Morgan fingerprint density at radius 2 is 2.10 bits per heavy atom. The minimum Gasteiger partial charge on any atom is -0.308 e. The molecule has 0 aliphatic heterocycles. The fourth-order valence-corrected chi connectivity index (χ4v) is 3.13. The van der Waals surface area contributed by atoms with Crippen LogP contribution in [0.1, 0.15) is 30.8 Å². The molecule has 1 unspecified atom stereocenters. The number of nitrogens with one attached hydrogen (secondary N) is 2. The molecule has 1 atom stereocenters. The lowest BCUT2D eigenvalue weighted by Crippen LogP contribution is -2.23. The van der Waals surface area contributed by atoms with E-state index in [2.05, 4.69) is 34.3 Å². The number of aromatic amines is 1. The second-order valence-electron chi connectivity index (χ2n) is 4.90. The Balaban J connectivity index is 1.77. The molecule has 2 N–H and O–H groups in total. The SMILES string of the molecule is CCC(NCc1nc2ccsc2c(=O)[nH]1)c1ccccc1. The topological polar surface area (TPSA) is 57.8 Å². The second-order valence-corrected chi connectivity index (χ2v) is 5.82. The number of hydrogen-bond donors (Lipinski definition) is 2. The van der Waals surface area contributed by atoms with Gasteiger partial charge in [0.1, 0.15) is 10.5 Å². The van der Waals surface area contributed by atoms with Crippen LogP contribution in [-0.4, -0.2) is 9.97 Å². The zero-order chi connectivity index (χ0) is 14.7. The smallest absolute Gasteiger partial charge is 0.268 e. The van der Waals surface area contributed by atoms with E-state index in [1.807, 2.05) is 29.6 Å². The summed E-state index contributed by atoms with van der Waals surface area (Å²) in [4.78, 5) is 19.3. The number of hydrogen-bond acceptors (Lipinski definition) is 4. The van der Waals surface area contributed by atoms with E-state index in [9.17, 15) is 4.79 Å². The van der Waals surface area contributed by atoms with Gasteiger partial charge in [0.25, 0.3) is 5.56 Å². The van der Waals surface area contributed by atoms with Gasteiger partial charge in [-0.05, 0) is 23.4 Å². The van der Waals surface area contributed by atoms with E-state index < -0.39 is 0 Å². The molecule has 2 aromatic heterocycles. The van der Waals surface area contributed by atoms with Crippen LogP contribution in [0.15, 0.2) is 46.6 Å². The van der Waals surface area contributed by atoms with Crippen LogP contribution >= 0.6 is 11.3 Å². The molecule has 3 aromatic rings. The summed E-state index contributed by atoms with van der Waals surface area (Å²) in [5.41, 5.74) is 1.96. The van der Waals surface area contributed by atoms with Gasteiger partial charge in [-0.15, -0.1) is 11.3 Å². The number of thiophene rings is 1. The highest BCUT2D eigenvalue weighted by Gasteiger charge is 2.10. The lowest BCUT2D eigenvalue weighted by Gasteiger charge is -2.17. The average molecular weight is 299 g/mol. The highest BCUT2D eigenvalue weighted by molar-refractivity contribution is 7.17. The van der Waals surface area contributed by atoms with Gasteiger partial charge in [0.2, 0.25) is 0 Å². The van der Waals surface area contributed by atoms with E-state index in [1.165, 1.54) is 16.9 Å². The van der Waals surface area contributed by atoms with Crippen LogP contribution in [-0.2, 0) is 6.54 Å². The molecule has 0 fully saturated rings. The molecular formula is C16H17N3OS. The largest absolute Gasteiger partial charge is 0.308 e. The molecule has 1 aromatic carbocycles. The zero-order valence-electron chi connectivity index (χ0n) is 11.8. The van der Waals surface area contributed by atoms with Crippen molar-refractivity contribution in [3.05, 3.63) is 63.5 Å². The summed E-state index contributed by atoms with van der Waals surface area (Å²) in [6.45, 7) is 2.69. The molecular weight excluding hydrogens is 282 g/mol. The lowest BCUT2D eigenvalue weighted by atomic mass is 10.0. The number of H-pyrrole nitrogens is 1. The monoisotopic (exact) mass is 299 g/mol. The minimum absolute atomic E-state index is 0.0560. The molecule has 0 aliphatic carbocycles. The standard InChI is InChI=1S/C16H17N3OS/c1-2-12(11-6-4-3-5-7-11)17-10-14-18-13-8-9-21-15(13)16(20)19-14/h3-9,12,17H,2,10H2,1H3,(H,18,19,20). The third-order valence-electron chi connectivity index (χ3n) is 3.49. The molecule has 5 heteroatoms. The van der Waals surface area contributed by atoms with Crippen molar-refractivity contribution in [3.63, 3.8) is 0 Å². The van der Waals surface area contributed by atoms with E-state index in [0.29, 0.717) is 17.1 Å². The minimum atomic E-state index is -0.0560. The molecule has 0 spiro atoms. The summed E-state index contributed by atoms with van der Waals surface area (Å²) in [6.07, 6.45) is 0.981. The number of benzene rings is 1. The third-order valence-corrected chi connectivity index (χ3v) is 4.39. The Morgan fingerprint density at radius 3 is 2.86 bits per heavy atom. The Kier molecular flexibility index (Phi) is 4.13. The van der Waals surface area contributed by atoms with Gasteiger partial charge in [-0.2, -0.15) is 0 Å². The fourth-order valence-electron chi connectivity index (χ4n) is 2.41. The lowest BCUT2D eigenvalue weighted by molar-refractivity contribution is 0.509. The van der Waals surface area contributed by atoms with Crippen molar-refractivity contribution in [2.24, 2.45) is 0 Å². The van der Waals surface area contributed by atoms with Crippen LogP contribution in [0.25, 0.3) is 10.2 Å². The van der Waals surface area contributed by atoms with E-state index >= 15 is 0 Å². The fraction of sp³-hybridized carbons (Fsp3) is 0.250. The third kappa shape index (κ3) is 3.04. The molecule has 0 saturated heterocycles. The van der Waals surface area contributed by atoms with Crippen molar-refractivity contribution in [3.8, 4) is 0 Å². The Hall–Kier alpha value is -1.98. The van der Waals surface area contributed by atoms with Gasteiger partial charge in [-0.25, -0.2) is 4.98 Å². The molecule has 2 heterocycles. The molecule has 108 valence electrons. The van der Waals surface area contributed by atoms with Crippen LogP contribution < -0.4 is 10.9 Å². The molecule has 4 nitrogen and oxygen atoms in total. The van der Waals surface area contributed by atoms with Gasteiger partial charge in [-0.3, -0.25) is 4.79 Å². The Morgan fingerprint density at radius 1 is 1.29 bits per heavy atom. The first-order valence-corrected chi connectivity index (χ1v) is 7.90. The van der Waals surface area contributed by atoms with Gasteiger partial charge < -0.3 is 10.3 Å². The number of rotatable bonds is 5. The summed E-state index contributed by atoms with van der Waals surface area (Å²) in [5, 5.41) is 5.35. The van der Waals surface area contributed by atoms with Crippen LogP contribution in [0.3, 0.4) is 0 Å². The van der Waals surface area contributed by atoms with Crippen molar-refractivity contribution >= 4 is 21.6 Å². The van der Waals surface area contributed by atoms with Crippen molar-refractivity contribution < 1.29 is 0 Å². The van der Waals surface area contributed by atoms with E-state index in [1.54, 1.807) is 0 Å². The van der Waals surface area contributed by atoms with E-state index in [4.69, 9.17) is 0 Å². The normalized spacial score (nSPS) is 12.6. The molecule has 0 amide bonds. The van der Waals surface area contributed by atoms with Gasteiger partial charge in [-0.1, -0.05) is 37.3 Å². The molecule has 0 bridgehead atoms. The summed E-state index contributed by atoms with van der Waals surface area (Å²) in [6, 6.07) is 12.5. The Bertz CT molecular complexity index is 779. The van der Waals surface area contributed by atoms with Gasteiger partial charge in [0.15, 0.2) is 0 Å². The molecule has 21 heavy (non-hydrogen) atoms. The van der Waals surface area contributed by atoms with E-state index in [-0.39, 0.29) is 11.6 Å². The summed E-state index contributed by atoms with van der Waals surface area (Å²) >= 11 is 1.42. The summed E-state index contributed by atoms with van der Waals surface area (Å²) in [7, 11) is 0. The van der Waals surface area contributed by atoms with Crippen LogP contribution in [0.4, 0.5) is 0 Å². The van der Waals surface area contributed by atoms with Crippen molar-refractivity contribution in [1.82, 2.24) is 15.3 Å². The first kappa shape index (κ1) is 14.0. The van der Waals surface area contributed by atoms with Crippen molar-refractivity contribution in [1.29, 1.82) is 0 Å². The highest BCUT2D eigenvalue weighted by atomic mass is 32.1. The molecule has 0 aliphatic rings. The summed E-state index contributed by atoms with van der Waals surface area (Å²) in [5.74, 6) is 0.681. The van der Waals surface area contributed by atoms with Crippen molar-refractivity contribution in [2.75, 3.05) is 0 Å². The quantitative estimate of drug-likeness (QED) is 0.760. The van der Waals surface area contributed by atoms with Gasteiger partial charge >= 0.3 is 0 Å². The first-order chi connectivity index (χ1) is 10.3. The van der Waals surface area contributed by atoms with Crippen molar-refractivity contribution in [2.45, 2.75) is 25.9 Å². The Labute approximate surface area is 126 Å². The highest BCUT2D eigenvalue weighted by Crippen LogP contribution is 2.17. The maximum Gasteiger partial charge on any atom is 0.268 e. The summed E-state index contributed by atoms with van der Waals surface area (Å²) < 4.78 is 0.689. The zero-order valence-corrected chi connectivity index (χ0v) is 12.6. The first-order valence-electron chi connectivity index (χ1n) is 7.02. The van der Waals surface area contributed by atoms with Crippen LogP contribution in [0.2, 0.25) is 0 Å². The average Bonchev–Trinajstić information content (AvgIpc) is 2.98. The molecule has 0 radical (unpaired) electrons. The predicted molar refractivity (Wildman–Crippen MR) is 86.6 cm³/mol. The molecule has 0 saturated carbocycles. The number of fused-ring (bicyclic) bond motifs is 1. The second kappa shape index (κ2) is 6.20. The maximum absolute atomic E-state index is 11.9. The number of aromatic nitrogens is 2. The van der Waals surface area contributed by atoms with Gasteiger partial charge in [0.05, 0.1) is 12.1 Å². The van der Waals surface area contributed by atoms with Crippen LogP contribution in [0, 0.1) is 0 Å². The predicted octanol–water partition coefficient (Wildman–Crippen LogP) is 3.23.